The molecule has 132 valence electrons. The second kappa shape index (κ2) is 8.64. The van der Waals surface area contributed by atoms with Gasteiger partial charge in [0.05, 0.1) is 5.56 Å². The zero-order valence-electron chi connectivity index (χ0n) is 14.2. The minimum absolute atomic E-state index is 0.199. The molecular weight excluding hydrogens is 328 g/mol. The summed E-state index contributed by atoms with van der Waals surface area (Å²) >= 11 is 0. The number of hydrogen-bond donors (Lipinski definition) is 3. The Morgan fingerprint density at radius 2 is 1.73 bits per heavy atom. The number of carbonyl (C=O) groups excluding carboxylic acids is 1. The average molecular weight is 348 g/mol. The maximum Gasteiger partial charge on any atom is 0.276 e. The summed E-state index contributed by atoms with van der Waals surface area (Å²) in [6.07, 6.45) is 3.47. The van der Waals surface area contributed by atoms with E-state index in [2.05, 4.69) is 15.8 Å². The van der Waals surface area contributed by atoms with Gasteiger partial charge in [-0.2, -0.15) is 0 Å². The molecule has 1 amide bonds. The lowest BCUT2D eigenvalue weighted by atomic mass is 10.1. The van der Waals surface area contributed by atoms with Gasteiger partial charge in [-0.3, -0.25) is 14.6 Å². The highest BCUT2D eigenvalue weighted by Gasteiger charge is 2.11. The molecule has 2 aromatic carbocycles. The van der Waals surface area contributed by atoms with Gasteiger partial charge in [0, 0.05) is 35.9 Å². The van der Waals surface area contributed by atoms with Crippen molar-refractivity contribution >= 4 is 17.3 Å². The SMILES string of the molecule is Nc1ccccc1CONC(=O)c1ccccc1NCc1ccncc1. The van der Waals surface area contributed by atoms with Crippen molar-refractivity contribution in [2.24, 2.45) is 0 Å². The van der Waals surface area contributed by atoms with Crippen LogP contribution >= 0.6 is 0 Å². The monoisotopic (exact) mass is 348 g/mol. The molecule has 0 saturated heterocycles. The number of nitrogen functional groups attached to an aromatic ring is 1. The molecule has 0 radical (unpaired) electrons. The van der Waals surface area contributed by atoms with Crippen molar-refractivity contribution in [3.05, 3.63) is 89.7 Å². The molecular formula is C20H20N4O2. The topological polar surface area (TPSA) is 89.3 Å². The van der Waals surface area contributed by atoms with Gasteiger partial charge in [0.1, 0.15) is 6.61 Å². The number of carbonyl (C=O) groups is 1. The summed E-state index contributed by atoms with van der Waals surface area (Å²) in [5, 5.41) is 3.26. The molecule has 1 heterocycles. The minimum Gasteiger partial charge on any atom is -0.398 e. The van der Waals surface area contributed by atoms with Gasteiger partial charge in [0.2, 0.25) is 0 Å². The third kappa shape index (κ3) is 4.58. The van der Waals surface area contributed by atoms with Crippen LogP contribution in [0.4, 0.5) is 11.4 Å². The molecule has 26 heavy (non-hydrogen) atoms. The highest BCUT2D eigenvalue weighted by Crippen LogP contribution is 2.16. The number of pyridine rings is 1. The number of benzene rings is 2. The summed E-state index contributed by atoms with van der Waals surface area (Å²) in [6.45, 7) is 0.791. The van der Waals surface area contributed by atoms with E-state index in [1.165, 1.54) is 0 Å². The van der Waals surface area contributed by atoms with Gasteiger partial charge in [-0.05, 0) is 35.9 Å². The summed E-state index contributed by atoms with van der Waals surface area (Å²) in [6, 6.07) is 18.5. The van der Waals surface area contributed by atoms with E-state index in [0.717, 1.165) is 16.8 Å². The highest BCUT2D eigenvalue weighted by molar-refractivity contribution is 5.99. The lowest BCUT2D eigenvalue weighted by molar-refractivity contribution is 0.0236. The molecule has 6 heteroatoms. The first-order valence-electron chi connectivity index (χ1n) is 8.21. The van der Waals surface area contributed by atoms with Crippen LogP contribution in [0.15, 0.2) is 73.1 Å². The molecule has 1 aromatic heterocycles. The minimum atomic E-state index is -0.322. The van der Waals surface area contributed by atoms with E-state index in [4.69, 9.17) is 10.6 Å². The maximum atomic E-state index is 12.4. The van der Waals surface area contributed by atoms with Crippen LogP contribution in [-0.2, 0) is 18.0 Å². The second-order valence-electron chi connectivity index (χ2n) is 5.67. The number of rotatable bonds is 7. The lowest BCUT2D eigenvalue weighted by Gasteiger charge is -2.12. The number of anilines is 2. The Morgan fingerprint density at radius 3 is 2.54 bits per heavy atom. The Kier molecular flexibility index (Phi) is 5.80. The van der Waals surface area contributed by atoms with Crippen LogP contribution in [-0.4, -0.2) is 10.9 Å². The normalized spacial score (nSPS) is 10.3. The number of nitrogens with zero attached hydrogens (tertiary/aromatic N) is 1. The van der Waals surface area contributed by atoms with Gasteiger partial charge in [0.15, 0.2) is 0 Å². The number of aromatic nitrogens is 1. The zero-order chi connectivity index (χ0) is 18.2. The smallest absolute Gasteiger partial charge is 0.276 e. The molecule has 0 aliphatic carbocycles. The molecule has 0 bridgehead atoms. The van der Waals surface area contributed by atoms with Crippen LogP contribution in [0, 0.1) is 0 Å². The molecule has 3 rings (SSSR count). The predicted molar refractivity (Wildman–Crippen MR) is 101 cm³/mol. The predicted octanol–water partition coefficient (Wildman–Crippen LogP) is 3.14. The van der Waals surface area contributed by atoms with Gasteiger partial charge < -0.3 is 11.1 Å². The quantitative estimate of drug-likeness (QED) is 0.451. The Balaban J connectivity index is 1.59. The van der Waals surface area contributed by atoms with Gasteiger partial charge in [-0.1, -0.05) is 30.3 Å². The standard InChI is InChI=1S/C20H20N4O2/c21-18-7-3-1-5-16(18)14-26-24-20(25)17-6-2-4-8-19(17)23-13-15-9-11-22-12-10-15/h1-12,23H,13-14,21H2,(H,24,25). The van der Waals surface area contributed by atoms with Crippen LogP contribution in [0.3, 0.4) is 0 Å². The number of nitrogens with two attached hydrogens (primary N) is 1. The third-order valence-electron chi connectivity index (χ3n) is 3.85. The Bertz CT molecular complexity index is 868. The lowest BCUT2D eigenvalue weighted by Crippen LogP contribution is -2.24. The number of nitrogens with one attached hydrogen (secondary N) is 2. The van der Waals surface area contributed by atoms with Crippen molar-refractivity contribution in [2.45, 2.75) is 13.2 Å². The molecule has 0 spiro atoms. The van der Waals surface area contributed by atoms with Crippen molar-refractivity contribution in [3.63, 3.8) is 0 Å². The van der Waals surface area contributed by atoms with Crippen molar-refractivity contribution in [3.8, 4) is 0 Å². The summed E-state index contributed by atoms with van der Waals surface area (Å²) in [5.74, 6) is -0.322. The van der Waals surface area contributed by atoms with Gasteiger partial charge in [-0.15, -0.1) is 0 Å². The van der Waals surface area contributed by atoms with Crippen molar-refractivity contribution in [1.29, 1.82) is 0 Å². The zero-order valence-corrected chi connectivity index (χ0v) is 14.2. The van der Waals surface area contributed by atoms with Crippen molar-refractivity contribution in [1.82, 2.24) is 10.5 Å². The molecule has 0 atom stereocenters. The summed E-state index contributed by atoms with van der Waals surface area (Å²) < 4.78 is 0. The van der Waals surface area contributed by atoms with Crippen LogP contribution in [0.5, 0.6) is 0 Å². The first-order chi connectivity index (χ1) is 12.7. The number of para-hydroxylation sites is 2. The Morgan fingerprint density at radius 1 is 1.00 bits per heavy atom. The molecule has 0 saturated carbocycles. The van der Waals surface area contributed by atoms with E-state index in [0.29, 0.717) is 17.8 Å². The number of amides is 1. The van der Waals surface area contributed by atoms with Crippen molar-refractivity contribution < 1.29 is 9.63 Å². The Hall–Kier alpha value is -3.38. The fourth-order valence-electron chi connectivity index (χ4n) is 2.43. The summed E-state index contributed by atoms with van der Waals surface area (Å²) in [4.78, 5) is 21.7. The van der Waals surface area contributed by atoms with Crippen LogP contribution < -0.4 is 16.5 Å². The van der Waals surface area contributed by atoms with Gasteiger partial charge >= 0.3 is 0 Å². The van der Waals surface area contributed by atoms with Crippen LogP contribution in [0.2, 0.25) is 0 Å². The molecule has 3 aromatic rings. The van der Waals surface area contributed by atoms with E-state index >= 15 is 0 Å². The number of hydrogen-bond acceptors (Lipinski definition) is 5. The van der Waals surface area contributed by atoms with E-state index in [1.807, 2.05) is 48.5 Å². The fraction of sp³-hybridized carbons (Fsp3) is 0.100. The van der Waals surface area contributed by atoms with E-state index < -0.39 is 0 Å². The van der Waals surface area contributed by atoms with E-state index in [-0.39, 0.29) is 12.5 Å². The second-order valence-corrected chi connectivity index (χ2v) is 5.67. The Labute approximate surface area is 152 Å². The van der Waals surface area contributed by atoms with E-state index in [1.54, 1.807) is 24.5 Å². The van der Waals surface area contributed by atoms with Crippen LogP contribution in [0.1, 0.15) is 21.5 Å². The van der Waals surface area contributed by atoms with E-state index in [9.17, 15) is 4.79 Å². The van der Waals surface area contributed by atoms with Gasteiger partial charge in [-0.25, -0.2) is 5.48 Å². The molecule has 6 nitrogen and oxygen atoms in total. The summed E-state index contributed by atoms with van der Waals surface area (Å²) in [5.41, 5.74) is 12.1. The highest BCUT2D eigenvalue weighted by atomic mass is 16.6. The van der Waals surface area contributed by atoms with Crippen LogP contribution in [0.25, 0.3) is 0 Å². The largest absolute Gasteiger partial charge is 0.398 e. The maximum absolute atomic E-state index is 12.4. The molecule has 0 unspecified atom stereocenters. The first kappa shape index (κ1) is 17.4. The molecule has 0 aliphatic heterocycles. The van der Waals surface area contributed by atoms with Gasteiger partial charge in [0.25, 0.3) is 5.91 Å². The third-order valence-corrected chi connectivity index (χ3v) is 3.85. The number of hydroxylamine groups is 1. The molecule has 0 aliphatic rings. The molecule has 0 fully saturated rings. The average Bonchev–Trinajstić information content (AvgIpc) is 2.69. The summed E-state index contributed by atoms with van der Waals surface area (Å²) in [7, 11) is 0. The molecule has 4 N–H and O–H groups in total. The first-order valence-corrected chi connectivity index (χ1v) is 8.21. The fourth-order valence-corrected chi connectivity index (χ4v) is 2.43. The van der Waals surface area contributed by atoms with Crippen molar-refractivity contribution in [2.75, 3.05) is 11.1 Å².